The number of imidazole rings is 1. The Balaban J connectivity index is 1.80. The lowest BCUT2D eigenvalue weighted by Crippen LogP contribution is -2.26. The quantitative estimate of drug-likeness (QED) is 0.498. The molecular formula is C21H16FN7O. The molecule has 0 radical (unpaired) electrons. The summed E-state index contributed by atoms with van der Waals surface area (Å²) in [6.45, 7) is 1.97. The summed E-state index contributed by atoms with van der Waals surface area (Å²) < 4.78 is 17.7. The number of nitrogens with zero attached hydrogens (tertiary/aromatic N) is 6. The average molecular weight is 401 g/mol. The van der Waals surface area contributed by atoms with E-state index >= 15 is 0 Å². The highest BCUT2D eigenvalue weighted by atomic mass is 19.1. The van der Waals surface area contributed by atoms with Crippen LogP contribution in [0.2, 0.25) is 0 Å². The Morgan fingerprint density at radius 2 is 1.90 bits per heavy atom. The normalized spacial score (nSPS) is 11.4. The Labute approximate surface area is 169 Å². The summed E-state index contributed by atoms with van der Waals surface area (Å²) >= 11 is 0. The number of para-hydroxylation sites is 1. The number of hydrogen-bond donors (Lipinski definition) is 1. The first kappa shape index (κ1) is 17.9. The monoisotopic (exact) mass is 401 g/mol. The number of aromatic nitrogens is 6. The van der Waals surface area contributed by atoms with Gasteiger partial charge in [-0.15, -0.1) is 0 Å². The number of benzene rings is 2. The van der Waals surface area contributed by atoms with Crippen LogP contribution in [0.15, 0.2) is 59.9 Å². The largest absolute Gasteiger partial charge is 0.382 e. The van der Waals surface area contributed by atoms with Gasteiger partial charge < -0.3 is 10.3 Å². The third-order valence-electron chi connectivity index (χ3n) is 5.01. The van der Waals surface area contributed by atoms with Crippen molar-refractivity contribution >= 4 is 27.9 Å². The summed E-state index contributed by atoms with van der Waals surface area (Å²) in [7, 11) is 0. The fourth-order valence-electron chi connectivity index (χ4n) is 3.60. The maximum atomic E-state index is 14.7. The molecule has 9 heteroatoms. The summed E-state index contributed by atoms with van der Waals surface area (Å²) in [4.78, 5) is 30.6. The fourth-order valence-corrected chi connectivity index (χ4v) is 3.60. The summed E-state index contributed by atoms with van der Waals surface area (Å²) in [6.07, 6.45) is 2.89. The lowest BCUT2D eigenvalue weighted by molar-refractivity contribution is 0.607. The molecule has 0 saturated heterocycles. The van der Waals surface area contributed by atoms with Gasteiger partial charge in [-0.05, 0) is 30.7 Å². The van der Waals surface area contributed by atoms with E-state index in [1.807, 2.05) is 19.1 Å². The average Bonchev–Trinajstić information content (AvgIpc) is 3.13. The van der Waals surface area contributed by atoms with E-state index in [0.717, 1.165) is 5.56 Å². The van der Waals surface area contributed by atoms with Gasteiger partial charge in [-0.1, -0.05) is 24.3 Å². The zero-order valence-corrected chi connectivity index (χ0v) is 16.0. The number of aryl methyl sites for hydroxylation is 1. The molecule has 0 aliphatic heterocycles. The molecule has 2 aromatic carbocycles. The Bertz CT molecular complexity index is 1490. The van der Waals surface area contributed by atoms with Crippen LogP contribution in [0.5, 0.6) is 0 Å². The van der Waals surface area contributed by atoms with Gasteiger partial charge >= 0.3 is 0 Å². The molecule has 0 aliphatic rings. The predicted molar refractivity (Wildman–Crippen MR) is 111 cm³/mol. The number of nitrogens with two attached hydrogens (primary N) is 1. The smallest absolute Gasteiger partial charge is 0.266 e. The molecule has 0 atom stereocenters. The molecule has 0 aliphatic carbocycles. The van der Waals surface area contributed by atoms with Gasteiger partial charge in [0, 0.05) is 0 Å². The number of halogens is 1. The number of fused-ring (bicyclic) bond motifs is 2. The van der Waals surface area contributed by atoms with Crippen molar-refractivity contribution in [3.8, 4) is 5.69 Å². The van der Waals surface area contributed by atoms with Crippen molar-refractivity contribution in [3.63, 3.8) is 0 Å². The molecule has 2 N–H and O–H groups in total. The van der Waals surface area contributed by atoms with Crippen molar-refractivity contribution in [1.29, 1.82) is 0 Å². The lowest BCUT2D eigenvalue weighted by Gasteiger charge is -2.15. The third-order valence-corrected chi connectivity index (χ3v) is 5.01. The Hall–Kier alpha value is -4.14. The van der Waals surface area contributed by atoms with Crippen molar-refractivity contribution < 1.29 is 4.39 Å². The maximum absolute atomic E-state index is 14.7. The highest BCUT2D eigenvalue weighted by Crippen LogP contribution is 2.20. The van der Waals surface area contributed by atoms with Crippen molar-refractivity contribution in [1.82, 2.24) is 29.1 Å². The van der Waals surface area contributed by atoms with E-state index in [-0.39, 0.29) is 23.6 Å². The molecule has 3 heterocycles. The second kappa shape index (κ2) is 6.73. The molecule has 30 heavy (non-hydrogen) atoms. The second-order valence-electron chi connectivity index (χ2n) is 6.89. The molecule has 8 nitrogen and oxygen atoms in total. The van der Waals surface area contributed by atoms with E-state index in [9.17, 15) is 9.18 Å². The number of hydrogen-bond acceptors (Lipinski definition) is 6. The topological polar surface area (TPSA) is 105 Å². The molecular weight excluding hydrogens is 385 g/mol. The van der Waals surface area contributed by atoms with Gasteiger partial charge in [0.1, 0.15) is 23.5 Å². The van der Waals surface area contributed by atoms with Crippen molar-refractivity contribution in [3.05, 3.63) is 82.7 Å². The summed E-state index contributed by atoms with van der Waals surface area (Å²) in [5, 5.41) is 0.451. The van der Waals surface area contributed by atoms with E-state index < -0.39 is 5.82 Å². The zero-order chi connectivity index (χ0) is 20.8. The van der Waals surface area contributed by atoms with Crippen LogP contribution in [0.3, 0.4) is 0 Å². The van der Waals surface area contributed by atoms with Crippen molar-refractivity contribution in [2.24, 2.45) is 0 Å². The Morgan fingerprint density at radius 3 is 2.73 bits per heavy atom. The van der Waals surface area contributed by atoms with E-state index in [2.05, 4.69) is 15.0 Å². The van der Waals surface area contributed by atoms with Gasteiger partial charge in [-0.3, -0.25) is 9.36 Å². The molecule has 0 saturated carbocycles. The van der Waals surface area contributed by atoms with Crippen LogP contribution in [0.25, 0.3) is 27.8 Å². The number of rotatable bonds is 3. The van der Waals surface area contributed by atoms with E-state index in [0.29, 0.717) is 27.9 Å². The van der Waals surface area contributed by atoms with Crippen LogP contribution >= 0.6 is 0 Å². The van der Waals surface area contributed by atoms with Gasteiger partial charge in [0.15, 0.2) is 11.5 Å². The second-order valence-corrected chi connectivity index (χ2v) is 6.89. The lowest BCUT2D eigenvalue weighted by atomic mass is 10.1. The van der Waals surface area contributed by atoms with Crippen LogP contribution in [0.1, 0.15) is 11.4 Å². The van der Waals surface area contributed by atoms with Gasteiger partial charge in [-0.2, -0.15) is 0 Å². The summed E-state index contributed by atoms with van der Waals surface area (Å²) in [6, 6.07) is 11.6. The predicted octanol–water partition coefficient (Wildman–Crippen LogP) is 2.60. The molecule has 0 amide bonds. The third kappa shape index (κ3) is 2.71. The summed E-state index contributed by atoms with van der Waals surface area (Å²) in [5.74, 6) is 0.0877. The zero-order valence-electron chi connectivity index (χ0n) is 16.0. The molecule has 3 aromatic heterocycles. The van der Waals surface area contributed by atoms with Crippen LogP contribution in [0, 0.1) is 12.7 Å². The number of nitrogen functional groups attached to an aromatic ring is 1. The minimum absolute atomic E-state index is 0.133. The molecule has 0 fully saturated rings. The Morgan fingerprint density at radius 1 is 1.07 bits per heavy atom. The van der Waals surface area contributed by atoms with Crippen LogP contribution in [-0.4, -0.2) is 29.1 Å². The maximum Gasteiger partial charge on any atom is 0.266 e. The van der Waals surface area contributed by atoms with Crippen molar-refractivity contribution in [2.45, 2.75) is 13.5 Å². The Kier molecular flexibility index (Phi) is 4.02. The molecule has 5 aromatic rings. The van der Waals surface area contributed by atoms with Crippen LogP contribution < -0.4 is 11.3 Å². The van der Waals surface area contributed by atoms with Gasteiger partial charge in [0.25, 0.3) is 5.56 Å². The van der Waals surface area contributed by atoms with E-state index in [4.69, 9.17) is 10.7 Å². The van der Waals surface area contributed by atoms with Crippen LogP contribution in [0.4, 0.5) is 10.2 Å². The molecule has 148 valence electrons. The van der Waals surface area contributed by atoms with Crippen molar-refractivity contribution in [2.75, 3.05) is 5.73 Å². The molecule has 5 rings (SSSR count). The first-order valence-corrected chi connectivity index (χ1v) is 9.22. The standard InChI is InChI=1S/C21H16FN7O/c1-12-5-4-7-14-17(12)21(30)29(15-8-3-2-6-13(15)22)16(27-14)9-28-11-26-18-19(23)24-10-25-20(18)28/h2-8,10-11H,9H2,1H3,(H2,23,24,25). The van der Waals surface area contributed by atoms with E-state index in [1.165, 1.54) is 17.0 Å². The highest BCUT2D eigenvalue weighted by Gasteiger charge is 2.18. The highest BCUT2D eigenvalue weighted by molar-refractivity contribution is 5.82. The minimum atomic E-state index is -0.516. The molecule has 0 spiro atoms. The number of anilines is 1. The van der Waals surface area contributed by atoms with Crippen LogP contribution in [-0.2, 0) is 6.54 Å². The molecule has 0 unspecified atom stereocenters. The van der Waals surface area contributed by atoms with Gasteiger partial charge in [-0.25, -0.2) is 24.3 Å². The van der Waals surface area contributed by atoms with Gasteiger partial charge in [0.2, 0.25) is 0 Å². The summed E-state index contributed by atoms with van der Waals surface area (Å²) in [5.41, 5.74) is 7.94. The fraction of sp³-hybridized carbons (Fsp3) is 0.0952. The van der Waals surface area contributed by atoms with Gasteiger partial charge in [0.05, 0.1) is 29.5 Å². The van der Waals surface area contributed by atoms with E-state index in [1.54, 1.807) is 35.2 Å². The minimum Gasteiger partial charge on any atom is -0.382 e. The first-order valence-electron chi connectivity index (χ1n) is 9.22. The molecule has 0 bridgehead atoms. The SMILES string of the molecule is Cc1cccc2nc(Cn3cnc4c(N)ncnc43)n(-c3ccccc3F)c(=O)c12. The first-order chi connectivity index (χ1) is 14.5.